The van der Waals surface area contributed by atoms with Gasteiger partial charge in [-0.05, 0) is 24.6 Å². The molecule has 1 aromatic heterocycles. The maximum Gasteiger partial charge on any atom is 0.233 e. The largest absolute Gasteiger partial charge is 0.377 e. The molecule has 0 aliphatic rings. The van der Waals surface area contributed by atoms with Crippen LogP contribution in [0.5, 0.6) is 0 Å². The molecule has 21 heavy (non-hydrogen) atoms. The number of aryl methyl sites for hydroxylation is 1. The molecular weight excluding hydrogens is 266 g/mol. The van der Waals surface area contributed by atoms with Gasteiger partial charge in [-0.1, -0.05) is 6.07 Å². The van der Waals surface area contributed by atoms with Crippen molar-refractivity contribution in [1.82, 2.24) is 15.0 Å². The number of nitrogens with one attached hydrogen (secondary N) is 1. The average molecular weight is 287 g/mol. The molecule has 3 N–H and O–H groups in total. The van der Waals surface area contributed by atoms with E-state index in [-0.39, 0.29) is 5.95 Å². The molecule has 0 atom stereocenters. The van der Waals surface area contributed by atoms with Crippen molar-refractivity contribution in [3.8, 4) is 0 Å². The van der Waals surface area contributed by atoms with E-state index >= 15 is 0 Å². The van der Waals surface area contributed by atoms with Crippen molar-refractivity contribution in [1.29, 1.82) is 0 Å². The lowest BCUT2D eigenvalue weighted by molar-refractivity contribution is 0.969. The molecule has 0 fully saturated rings. The number of anilines is 5. The summed E-state index contributed by atoms with van der Waals surface area (Å²) in [6.45, 7) is 2.07. The molecule has 2 aromatic rings. The lowest BCUT2D eigenvalue weighted by Gasteiger charge is -2.17. The van der Waals surface area contributed by atoms with Crippen LogP contribution in [0.3, 0.4) is 0 Å². The fourth-order valence-electron chi connectivity index (χ4n) is 1.93. The molecule has 0 aliphatic carbocycles. The molecule has 0 amide bonds. The van der Waals surface area contributed by atoms with Crippen molar-refractivity contribution in [3.05, 3.63) is 23.8 Å². The Morgan fingerprint density at radius 3 is 2.33 bits per heavy atom. The number of hydrogen-bond donors (Lipinski definition) is 2. The van der Waals surface area contributed by atoms with Crippen LogP contribution < -0.4 is 20.9 Å². The van der Waals surface area contributed by atoms with Crippen LogP contribution in [0.25, 0.3) is 0 Å². The van der Waals surface area contributed by atoms with Crippen molar-refractivity contribution < 1.29 is 0 Å². The zero-order valence-corrected chi connectivity index (χ0v) is 13.0. The smallest absolute Gasteiger partial charge is 0.233 e. The summed E-state index contributed by atoms with van der Waals surface area (Å²) < 4.78 is 0. The second-order valence-corrected chi connectivity index (χ2v) is 5.23. The summed E-state index contributed by atoms with van der Waals surface area (Å²) in [4.78, 5) is 16.3. The van der Waals surface area contributed by atoms with Gasteiger partial charge in [-0.3, -0.25) is 0 Å². The maximum absolute atomic E-state index is 5.72. The molecule has 0 saturated heterocycles. The maximum atomic E-state index is 5.72. The van der Waals surface area contributed by atoms with Crippen LogP contribution in [0, 0.1) is 6.92 Å². The topological polar surface area (TPSA) is 83.2 Å². The van der Waals surface area contributed by atoms with E-state index in [1.807, 2.05) is 40.3 Å². The monoisotopic (exact) mass is 287 g/mol. The third-order valence-corrected chi connectivity index (χ3v) is 2.99. The fourth-order valence-corrected chi connectivity index (χ4v) is 1.93. The number of rotatable bonds is 4. The number of nitrogens with two attached hydrogens (primary N) is 1. The van der Waals surface area contributed by atoms with Crippen molar-refractivity contribution in [2.24, 2.45) is 0 Å². The Bertz CT molecular complexity index is 637. The minimum absolute atomic E-state index is 0.191. The van der Waals surface area contributed by atoms with Gasteiger partial charge in [0.05, 0.1) is 0 Å². The first-order valence-corrected chi connectivity index (χ1v) is 6.60. The van der Waals surface area contributed by atoms with Gasteiger partial charge in [-0.2, -0.15) is 15.0 Å². The average Bonchev–Trinajstić information content (AvgIpc) is 2.40. The first kappa shape index (κ1) is 14.8. The van der Waals surface area contributed by atoms with Gasteiger partial charge in [0.25, 0.3) is 0 Å². The van der Waals surface area contributed by atoms with E-state index in [0.29, 0.717) is 11.9 Å². The minimum atomic E-state index is 0.191. The van der Waals surface area contributed by atoms with Gasteiger partial charge in [0.1, 0.15) is 0 Å². The Balaban J connectivity index is 2.32. The highest BCUT2D eigenvalue weighted by molar-refractivity contribution is 5.65. The van der Waals surface area contributed by atoms with Gasteiger partial charge >= 0.3 is 0 Å². The standard InChI is InChI=1S/C14H21N7/c1-9-6-7-10(8-11(9)20(2)3)16-13-17-12(15)18-14(19-13)21(4)5/h6-8H,1-5H3,(H3,15,16,17,18,19). The molecule has 0 radical (unpaired) electrons. The first-order chi connectivity index (χ1) is 9.86. The highest BCUT2D eigenvalue weighted by Gasteiger charge is 2.08. The van der Waals surface area contributed by atoms with Crippen LogP contribution in [0.4, 0.5) is 29.2 Å². The molecule has 112 valence electrons. The molecule has 2 rings (SSSR count). The van der Waals surface area contributed by atoms with Crippen LogP contribution in [0.2, 0.25) is 0 Å². The van der Waals surface area contributed by atoms with Gasteiger partial charge < -0.3 is 20.9 Å². The van der Waals surface area contributed by atoms with Crippen LogP contribution in [-0.2, 0) is 0 Å². The van der Waals surface area contributed by atoms with Crippen molar-refractivity contribution >= 4 is 29.2 Å². The summed E-state index contributed by atoms with van der Waals surface area (Å²) in [7, 11) is 7.73. The van der Waals surface area contributed by atoms with Crippen LogP contribution in [0.1, 0.15) is 5.56 Å². The Labute approximate surface area is 124 Å². The van der Waals surface area contributed by atoms with Crippen molar-refractivity contribution in [3.63, 3.8) is 0 Å². The number of aromatic nitrogens is 3. The number of hydrogen-bond acceptors (Lipinski definition) is 7. The van der Waals surface area contributed by atoms with E-state index in [9.17, 15) is 0 Å². The number of nitrogens with zero attached hydrogens (tertiary/aromatic N) is 5. The Hall–Kier alpha value is -2.57. The van der Waals surface area contributed by atoms with Gasteiger partial charge in [-0.25, -0.2) is 0 Å². The third kappa shape index (κ3) is 3.50. The highest BCUT2D eigenvalue weighted by Crippen LogP contribution is 2.24. The summed E-state index contributed by atoms with van der Waals surface area (Å²) in [5.74, 6) is 1.14. The molecule has 7 heteroatoms. The Morgan fingerprint density at radius 2 is 1.71 bits per heavy atom. The normalized spacial score (nSPS) is 10.3. The third-order valence-electron chi connectivity index (χ3n) is 2.99. The molecule has 0 unspecified atom stereocenters. The molecule has 0 bridgehead atoms. The zero-order valence-electron chi connectivity index (χ0n) is 13.0. The molecule has 1 aromatic carbocycles. The predicted molar refractivity (Wildman–Crippen MR) is 87.4 cm³/mol. The highest BCUT2D eigenvalue weighted by atomic mass is 15.3. The van der Waals surface area contributed by atoms with E-state index in [1.54, 1.807) is 4.90 Å². The second kappa shape index (κ2) is 5.82. The van der Waals surface area contributed by atoms with Gasteiger partial charge in [0, 0.05) is 39.6 Å². The van der Waals surface area contributed by atoms with E-state index < -0.39 is 0 Å². The Kier molecular flexibility index (Phi) is 4.11. The summed E-state index contributed by atoms with van der Waals surface area (Å²) in [5, 5.41) is 3.17. The molecule has 0 spiro atoms. The van der Waals surface area contributed by atoms with E-state index in [0.717, 1.165) is 11.4 Å². The van der Waals surface area contributed by atoms with Crippen molar-refractivity contribution in [2.45, 2.75) is 6.92 Å². The first-order valence-electron chi connectivity index (χ1n) is 6.60. The Morgan fingerprint density at radius 1 is 1.00 bits per heavy atom. The summed E-state index contributed by atoms with van der Waals surface area (Å²) in [6.07, 6.45) is 0. The van der Waals surface area contributed by atoms with Crippen molar-refractivity contribution in [2.75, 3.05) is 49.0 Å². The van der Waals surface area contributed by atoms with E-state index in [2.05, 4.69) is 38.2 Å². The molecule has 1 heterocycles. The molecule has 7 nitrogen and oxygen atoms in total. The lowest BCUT2D eigenvalue weighted by Crippen LogP contribution is -2.16. The van der Waals surface area contributed by atoms with Gasteiger partial charge in [-0.15, -0.1) is 0 Å². The van der Waals surface area contributed by atoms with E-state index in [1.165, 1.54) is 5.56 Å². The quantitative estimate of drug-likeness (QED) is 0.884. The van der Waals surface area contributed by atoms with Crippen LogP contribution in [0.15, 0.2) is 18.2 Å². The predicted octanol–water partition coefficient (Wildman–Crippen LogP) is 1.64. The number of nitrogen functional groups attached to an aromatic ring is 1. The van der Waals surface area contributed by atoms with E-state index in [4.69, 9.17) is 5.73 Å². The lowest BCUT2D eigenvalue weighted by atomic mass is 10.1. The number of benzene rings is 1. The SMILES string of the molecule is Cc1ccc(Nc2nc(N)nc(N(C)C)n2)cc1N(C)C. The molecule has 0 aliphatic heterocycles. The van der Waals surface area contributed by atoms with Crippen LogP contribution in [-0.4, -0.2) is 43.1 Å². The van der Waals surface area contributed by atoms with Crippen LogP contribution >= 0.6 is 0 Å². The second-order valence-electron chi connectivity index (χ2n) is 5.23. The summed E-state index contributed by atoms with van der Waals surface area (Å²) >= 11 is 0. The molecule has 0 saturated carbocycles. The summed E-state index contributed by atoms with van der Waals surface area (Å²) in [5.41, 5.74) is 8.96. The van der Waals surface area contributed by atoms with Gasteiger partial charge in [0.2, 0.25) is 17.8 Å². The fraction of sp³-hybridized carbons (Fsp3) is 0.357. The van der Waals surface area contributed by atoms with Gasteiger partial charge in [0.15, 0.2) is 0 Å². The zero-order chi connectivity index (χ0) is 15.6. The minimum Gasteiger partial charge on any atom is -0.377 e. The molecular formula is C14H21N7. The summed E-state index contributed by atoms with van der Waals surface area (Å²) in [6, 6.07) is 6.08.